The Hall–Kier alpha value is -2.89. The van der Waals surface area contributed by atoms with Crippen molar-refractivity contribution in [2.45, 2.75) is 26.7 Å². The first-order valence-corrected chi connectivity index (χ1v) is 8.92. The number of methoxy groups -OCH3 is 1. The molecule has 6 heteroatoms. The Morgan fingerprint density at radius 1 is 0.889 bits per heavy atom. The van der Waals surface area contributed by atoms with E-state index in [4.69, 9.17) is 14.2 Å². The summed E-state index contributed by atoms with van der Waals surface area (Å²) in [6, 6.07) is 11.6. The van der Waals surface area contributed by atoms with Gasteiger partial charge in [-0.15, -0.1) is 0 Å². The van der Waals surface area contributed by atoms with Crippen molar-refractivity contribution in [1.82, 2.24) is 0 Å². The van der Waals surface area contributed by atoms with Crippen LogP contribution in [0.3, 0.4) is 0 Å². The van der Waals surface area contributed by atoms with E-state index < -0.39 is 23.6 Å². The van der Waals surface area contributed by atoms with Crippen LogP contribution in [0.2, 0.25) is 0 Å². The first-order chi connectivity index (χ1) is 13.0. The average Bonchev–Trinajstić information content (AvgIpc) is 2.66. The number of ketones is 1. The lowest BCUT2D eigenvalue weighted by Gasteiger charge is -2.13. The normalized spacial score (nSPS) is 10.7. The van der Waals surface area contributed by atoms with Crippen LogP contribution in [0.15, 0.2) is 36.4 Å². The van der Waals surface area contributed by atoms with Gasteiger partial charge in [0, 0.05) is 6.42 Å². The maximum atomic E-state index is 12.5. The molecule has 0 spiro atoms. The second-order valence-electron chi connectivity index (χ2n) is 5.95. The first kappa shape index (κ1) is 20.4. The molecule has 0 saturated carbocycles. The summed E-state index contributed by atoms with van der Waals surface area (Å²) >= 11 is 0. The largest absolute Gasteiger partial charge is 0.497 e. The molecular formula is C21H24O6. The molecule has 0 saturated heterocycles. The summed E-state index contributed by atoms with van der Waals surface area (Å²) < 4.78 is 14.9. The van der Waals surface area contributed by atoms with Crippen LogP contribution in [-0.4, -0.2) is 38.0 Å². The zero-order chi connectivity index (χ0) is 19.8. The lowest BCUT2D eigenvalue weighted by atomic mass is 9.97. The van der Waals surface area contributed by atoms with Crippen LogP contribution in [0.1, 0.15) is 25.8 Å². The minimum Gasteiger partial charge on any atom is -0.497 e. The van der Waals surface area contributed by atoms with Crippen molar-refractivity contribution in [1.29, 1.82) is 0 Å². The highest BCUT2D eigenvalue weighted by atomic mass is 16.6. The fourth-order valence-corrected chi connectivity index (χ4v) is 2.78. The van der Waals surface area contributed by atoms with Crippen LogP contribution in [0.5, 0.6) is 5.75 Å². The monoisotopic (exact) mass is 372 g/mol. The third kappa shape index (κ3) is 5.29. The summed E-state index contributed by atoms with van der Waals surface area (Å²) in [5.74, 6) is -2.95. The van der Waals surface area contributed by atoms with Gasteiger partial charge in [0.15, 0.2) is 5.78 Å². The van der Waals surface area contributed by atoms with Crippen molar-refractivity contribution >= 4 is 28.5 Å². The van der Waals surface area contributed by atoms with Crippen LogP contribution in [0.25, 0.3) is 10.8 Å². The van der Waals surface area contributed by atoms with E-state index in [2.05, 4.69) is 0 Å². The average molecular weight is 372 g/mol. The minimum absolute atomic E-state index is 0.0456. The Bertz CT molecular complexity index is 809. The van der Waals surface area contributed by atoms with Crippen LogP contribution >= 0.6 is 0 Å². The molecule has 0 aromatic heterocycles. The van der Waals surface area contributed by atoms with E-state index in [9.17, 15) is 14.4 Å². The molecule has 0 unspecified atom stereocenters. The highest BCUT2D eigenvalue weighted by molar-refractivity contribution is 6.15. The molecule has 2 rings (SSSR count). The zero-order valence-corrected chi connectivity index (χ0v) is 15.8. The molecule has 2 aromatic carbocycles. The van der Waals surface area contributed by atoms with Gasteiger partial charge in [0.1, 0.15) is 5.75 Å². The summed E-state index contributed by atoms with van der Waals surface area (Å²) in [6.45, 7) is 3.43. The Labute approximate surface area is 158 Å². The summed E-state index contributed by atoms with van der Waals surface area (Å²) in [7, 11) is 1.62. The van der Waals surface area contributed by atoms with Gasteiger partial charge >= 0.3 is 11.9 Å². The molecule has 0 N–H and O–H groups in total. The van der Waals surface area contributed by atoms with E-state index in [-0.39, 0.29) is 19.6 Å². The molecule has 0 aliphatic rings. The van der Waals surface area contributed by atoms with Crippen molar-refractivity contribution in [3.63, 3.8) is 0 Å². The molecule has 0 amide bonds. The van der Waals surface area contributed by atoms with E-state index in [1.54, 1.807) is 21.0 Å². The molecule has 6 nitrogen and oxygen atoms in total. The molecule has 2 aromatic rings. The molecule has 0 heterocycles. The number of hydrogen-bond donors (Lipinski definition) is 0. The summed E-state index contributed by atoms with van der Waals surface area (Å²) in [5, 5.41) is 2.05. The Morgan fingerprint density at radius 2 is 1.48 bits per heavy atom. The predicted molar refractivity (Wildman–Crippen MR) is 101 cm³/mol. The number of fused-ring (bicyclic) bond motifs is 1. The number of benzene rings is 2. The maximum Gasteiger partial charge on any atom is 0.328 e. The topological polar surface area (TPSA) is 78.9 Å². The predicted octanol–water partition coefficient (Wildman–Crippen LogP) is 3.09. The van der Waals surface area contributed by atoms with E-state index in [1.807, 2.05) is 36.4 Å². The second-order valence-corrected chi connectivity index (χ2v) is 5.95. The van der Waals surface area contributed by atoms with Gasteiger partial charge in [-0.3, -0.25) is 14.4 Å². The van der Waals surface area contributed by atoms with Crippen LogP contribution in [0, 0.1) is 5.92 Å². The number of carbonyl (C=O) groups is 3. The fourth-order valence-electron chi connectivity index (χ4n) is 2.78. The van der Waals surface area contributed by atoms with E-state index in [0.717, 1.165) is 22.1 Å². The first-order valence-electron chi connectivity index (χ1n) is 8.92. The lowest BCUT2D eigenvalue weighted by molar-refractivity contribution is -0.164. The van der Waals surface area contributed by atoms with Crippen molar-refractivity contribution in [2.24, 2.45) is 5.92 Å². The molecule has 0 fully saturated rings. The highest BCUT2D eigenvalue weighted by Crippen LogP contribution is 2.22. The molecular weight excluding hydrogens is 348 g/mol. The number of Topliss-reactive ketones (excluding diaryl/α,β-unsaturated/α-hetero) is 1. The number of ether oxygens (including phenoxy) is 3. The van der Waals surface area contributed by atoms with E-state index >= 15 is 0 Å². The van der Waals surface area contributed by atoms with E-state index in [0.29, 0.717) is 6.42 Å². The summed E-state index contributed by atoms with van der Waals surface area (Å²) in [4.78, 5) is 36.5. The summed E-state index contributed by atoms with van der Waals surface area (Å²) in [5.41, 5.74) is 0.937. The Kier molecular flexibility index (Phi) is 7.34. The highest BCUT2D eigenvalue weighted by Gasteiger charge is 2.36. The quantitative estimate of drug-likeness (QED) is 0.497. The molecule has 27 heavy (non-hydrogen) atoms. The van der Waals surface area contributed by atoms with Crippen LogP contribution in [-0.2, 0) is 30.3 Å². The summed E-state index contributed by atoms with van der Waals surface area (Å²) in [6.07, 6.45) is 0.458. The Morgan fingerprint density at radius 3 is 2.07 bits per heavy atom. The number of carbonyl (C=O) groups excluding carboxylic acids is 3. The number of esters is 2. The molecule has 0 bridgehead atoms. The van der Waals surface area contributed by atoms with E-state index in [1.165, 1.54) is 0 Å². The van der Waals surface area contributed by atoms with Crippen LogP contribution < -0.4 is 4.74 Å². The maximum absolute atomic E-state index is 12.5. The van der Waals surface area contributed by atoms with Gasteiger partial charge in [-0.25, -0.2) is 0 Å². The van der Waals surface area contributed by atoms with Gasteiger partial charge in [-0.05, 0) is 48.7 Å². The SMILES string of the molecule is CCOC(=O)C(C(=O)CCc1ccc2cc(OC)ccc2c1)C(=O)OCC. The molecule has 0 atom stereocenters. The number of aryl methyl sites for hydroxylation is 1. The number of hydrogen-bond acceptors (Lipinski definition) is 6. The third-order valence-corrected chi connectivity index (χ3v) is 4.14. The molecule has 0 aliphatic carbocycles. The second kappa shape index (κ2) is 9.71. The van der Waals surface area contributed by atoms with Gasteiger partial charge < -0.3 is 14.2 Å². The van der Waals surface area contributed by atoms with Crippen molar-refractivity contribution in [2.75, 3.05) is 20.3 Å². The van der Waals surface area contributed by atoms with Gasteiger partial charge in [0.25, 0.3) is 0 Å². The third-order valence-electron chi connectivity index (χ3n) is 4.14. The van der Waals surface area contributed by atoms with Crippen molar-refractivity contribution in [3.8, 4) is 5.75 Å². The molecule has 144 valence electrons. The lowest BCUT2D eigenvalue weighted by Crippen LogP contribution is -2.35. The van der Waals surface area contributed by atoms with Gasteiger partial charge in [-0.2, -0.15) is 0 Å². The fraction of sp³-hybridized carbons (Fsp3) is 0.381. The van der Waals surface area contributed by atoms with Gasteiger partial charge in [0.05, 0.1) is 20.3 Å². The standard InChI is InChI=1S/C21H24O6/c1-4-26-20(23)19(21(24)27-5-2)18(22)11-7-14-6-8-16-13-17(25-3)10-9-15(16)12-14/h6,8-10,12-13,19H,4-5,7,11H2,1-3H3. The molecule has 0 aliphatic heterocycles. The zero-order valence-electron chi connectivity index (χ0n) is 15.8. The molecule has 0 radical (unpaired) electrons. The number of rotatable bonds is 9. The minimum atomic E-state index is -1.52. The van der Waals surface area contributed by atoms with Gasteiger partial charge in [0.2, 0.25) is 5.92 Å². The van der Waals surface area contributed by atoms with Crippen molar-refractivity contribution in [3.05, 3.63) is 42.0 Å². The Balaban J connectivity index is 2.10. The van der Waals surface area contributed by atoms with Gasteiger partial charge in [-0.1, -0.05) is 24.3 Å². The van der Waals surface area contributed by atoms with Crippen LogP contribution in [0.4, 0.5) is 0 Å². The smallest absolute Gasteiger partial charge is 0.328 e. The van der Waals surface area contributed by atoms with Crippen molar-refractivity contribution < 1.29 is 28.6 Å².